The van der Waals surface area contributed by atoms with Crippen LogP contribution in [0.3, 0.4) is 0 Å². The second-order valence-electron chi connectivity index (χ2n) is 8.49. The molecule has 0 aliphatic heterocycles. The van der Waals surface area contributed by atoms with Gasteiger partial charge in [0.15, 0.2) is 0 Å². The number of hydrogen-bond acceptors (Lipinski definition) is 3. The second-order valence-corrected chi connectivity index (χ2v) is 8.49. The lowest BCUT2D eigenvalue weighted by atomic mass is 9.49. The van der Waals surface area contributed by atoms with Gasteiger partial charge < -0.3 is 16.4 Å². The minimum Gasteiger partial charge on any atom is -0.336 e. The lowest BCUT2D eigenvalue weighted by Gasteiger charge is -2.59. The number of amides is 2. The summed E-state index contributed by atoms with van der Waals surface area (Å²) in [4.78, 5) is 16.5. The molecule has 25 heavy (non-hydrogen) atoms. The van der Waals surface area contributed by atoms with Crippen molar-refractivity contribution >= 4 is 6.03 Å². The first-order chi connectivity index (χ1) is 12.1. The van der Waals surface area contributed by atoms with E-state index in [9.17, 15) is 4.79 Å². The molecule has 4 N–H and O–H groups in total. The molecule has 0 saturated heterocycles. The van der Waals surface area contributed by atoms with E-state index in [1.807, 2.05) is 12.1 Å². The first kappa shape index (κ1) is 16.8. The smallest absolute Gasteiger partial charge is 0.315 e. The summed E-state index contributed by atoms with van der Waals surface area (Å²) in [6.45, 7) is 2.67. The van der Waals surface area contributed by atoms with Crippen LogP contribution in [0.5, 0.6) is 0 Å². The summed E-state index contributed by atoms with van der Waals surface area (Å²) in [5.41, 5.74) is 7.75. The van der Waals surface area contributed by atoms with E-state index >= 15 is 0 Å². The number of aromatic nitrogens is 1. The summed E-state index contributed by atoms with van der Waals surface area (Å²) in [7, 11) is 0. The summed E-state index contributed by atoms with van der Waals surface area (Å²) in [5.74, 6) is 2.96. The van der Waals surface area contributed by atoms with Crippen LogP contribution >= 0.6 is 0 Å². The van der Waals surface area contributed by atoms with Crippen LogP contribution in [-0.4, -0.2) is 23.1 Å². The number of hydrogen-bond donors (Lipinski definition) is 3. The Balaban J connectivity index is 1.35. The minimum absolute atomic E-state index is 0.00947. The monoisotopic (exact) mass is 342 g/mol. The molecule has 0 aromatic carbocycles. The molecule has 1 aromatic rings. The van der Waals surface area contributed by atoms with Crippen molar-refractivity contribution in [3.8, 4) is 0 Å². The molecule has 5 heteroatoms. The Labute approximate surface area is 150 Å². The van der Waals surface area contributed by atoms with E-state index in [2.05, 4.69) is 22.5 Å². The number of urea groups is 1. The highest BCUT2D eigenvalue weighted by atomic mass is 16.2. The third-order valence-electron chi connectivity index (χ3n) is 7.04. The summed E-state index contributed by atoms with van der Waals surface area (Å²) in [5, 5.41) is 6.18. The van der Waals surface area contributed by atoms with Gasteiger partial charge in [-0.3, -0.25) is 4.98 Å². The van der Waals surface area contributed by atoms with Gasteiger partial charge in [0.05, 0.1) is 6.04 Å². The fraction of sp³-hybridized carbons (Fsp3) is 0.700. The van der Waals surface area contributed by atoms with Gasteiger partial charge in [0.1, 0.15) is 0 Å². The predicted molar refractivity (Wildman–Crippen MR) is 97.8 cm³/mol. The van der Waals surface area contributed by atoms with Gasteiger partial charge in [0.25, 0.3) is 0 Å². The van der Waals surface area contributed by atoms with Crippen LogP contribution in [0.25, 0.3) is 0 Å². The zero-order valence-electron chi connectivity index (χ0n) is 15.1. The van der Waals surface area contributed by atoms with Crippen LogP contribution in [0.4, 0.5) is 4.79 Å². The van der Waals surface area contributed by atoms with Crippen molar-refractivity contribution in [2.75, 3.05) is 6.54 Å². The molecular weight excluding hydrogens is 312 g/mol. The second kappa shape index (κ2) is 6.60. The number of nitrogens with two attached hydrogens (primary N) is 1. The number of pyridine rings is 1. The minimum atomic E-state index is -0.205. The van der Waals surface area contributed by atoms with Crippen molar-refractivity contribution in [3.63, 3.8) is 0 Å². The molecule has 0 spiro atoms. The molecule has 4 aliphatic rings. The summed E-state index contributed by atoms with van der Waals surface area (Å²) in [6.07, 6.45) is 10.9. The standard InChI is InChI=1S/C20H30N4O/c1-2-18(15-3-5-22-6-4-15)24-19(25)23-12-20(21)16-8-13-7-14(10-16)11-17(20)9-13/h3-6,13-14,16-18H,2,7-12,21H2,1H3,(H2,23,24,25). The number of nitrogens with zero attached hydrogens (tertiary/aromatic N) is 1. The molecule has 5 rings (SSSR count). The van der Waals surface area contributed by atoms with Crippen molar-refractivity contribution in [2.24, 2.45) is 29.4 Å². The molecule has 4 fully saturated rings. The Bertz CT molecular complexity index is 589. The van der Waals surface area contributed by atoms with Crippen LogP contribution in [0, 0.1) is 23.7 Å². The van der Waals surface area contributed by atoms with E-state index in [1.54, 1.807) is 12.4 Å². The number of nitrogens with one attached hydrogen (secondary N) is 2. The molecule has 136 valence electrons. The maximum absolute atomic E-state index is 12.5. The van der Waals surface area contributed by atoms with Crippen LogP contribution in [0.2, 0.25) is 0 Å². The number of carbonyl (C=O) groups excluding carboxylic acids is 1. The average Bonchev–Trinajstić information content (AvgIpc) is 2.63. The maximum Gasteiger partial charge on any atom is 0.315 e. The highest BCUT2D eigenvalue weighted by Gasteiger charge is 2.55. The van der Waals surface area contributed by atoms with Gasteiger partial charge in [-0.05, 0) is 79.9 Å². The van der Waals surface area contributed by atoms with Crippen LogP contribution in [0.15, 0.2) is 24.5 Å². The fourth-order valence-corrected chi connectivity index (χ4v) is 5.81. The van der Waals surface area contributed by atoms with Crippen LogP contribution in [0.1, 0.15) is 57.1 Å². The maximum atomic E-state index is 12.5. The average molecular weight is 342 g/mol. The van der Waals surface area contributed by atoms with Gasteiger partial charge >= 0.3 is 6.03 Å². The Hall–Kier alpha value is -1.62. The van der Waals surface area contributed by atoms with Crippen molar-refractivity contribution < 1.29 is 4.79 Å². The zero-order chi connectivity index (χ0) is 17.4. The van der Waals surface area contributed by atoms with Gasteiger partial charge in [-0.15, -0.1) is 0 Å². The van der Waals surface area contributed by atoms with Gasteiger partial charge in [-0.1, -0.05) is 6.92 Å². The van der Waals surface area contributed by atoms with Crippen molar-refractivity contribution in [3.05, 3.63) is 30.1 Å². The van der Waals surface area contributed by atoms with E-state index in [0.717, 1.165) is 23.8 Å². The Kier molecular flexibility index (Phi) is 4.44. The third kappa shape index (κ3) is 3.14. The summed E-state index contributed by atoms with van der Waals surface area (Å²) in [6, 6.07) is 3.81. The highest BCUT2D eigenvalue weighted by Crippen LogP contribution is 2.57. The number of carbonyl (C=O) groups is 1. The molecule has 1 aromatic heterocycles. The molecule has 0 radical (unpaired) electrons. The van der Waals surface area contributed by atoms with Crippen molar-refractivity contribution in [1.29, 1.82) is 0 Å². The zero-order valence-corrected chi connectivity index (χ0v) is 15.1. The molecule has 1 atom stereocenters. The summed E-state index contributed by atoms with van der Waals surface area (Å²) < 4.78 is 0. The number of rotatable bonds is 5. The Morgan fingerprint density at radius 3 is 2.36 bits per heavy atom. The third-order valence-corrected chi connectivity index (χ3v) is 7.04. The van der Waals surface area contributed by atoms with E-state index in [0.29, 0.717) is 18.4 Å². The molecular formula is C20H30N4O. The molecule has 4 bridgehead atoms. The lowest BCUT2D eigenvalue weighted by Crippen LogP contribution is -2.67. The van der Waals surface area contributed by atoms with E-state index in [4.69, 9.17) is 5.73 Å². The van der Waals surface area contributed by atoms with Gasteiger partial charge in [0, 0.05) is 24.5 Å². The SMILES string of the molecule is CCC(NC(=O)NCC1(N)C2CC3CC(C2)CC1C3)c1ccncc1. The Morgan fingerprint density at radius 1 is 1.20 bits per heavy atom. The molecule has 4 aliphatic carbocycles. The topological polar surface area (TPSA) is 80.0 Å². The van der Waals surface area contributed by atoms with Gasteiger partial charge in [-0.2, -0.15) is 0 Å². The van der Waals surface area contributed by atoms with Gasteiger partial charge in [0.2, 0.25) is 0 Å². The van der Waals surface area contributed by atoms with Gasteiger partial charge in [-0.25, -0.2) is 4.79 Å². The predicted octanol–water partition coefficient (Wildman–Crippen LogP) is 2.99. The van der Waals surface area contributed by atoms with Crippen LogP contribution in [-0.2, 0) is 0 Å². The molecule has 5 nitrogen and oxygen atoms in total. The van der Waals surface area contributed by atoms with Crippen molar-refractivity contribution in [1.82, 2.24) is 15.6 Å². The quantitative estimate of drug-likeness (QED) is 0.769. The molecule has 1 heterocycles. The summed E-state index contributed by atoms with van der Waals surface area (Å²) >= 11 is 0. The first-order valence-corrected chi connectivity index (χ1v) is 9.81. The molecule has 1 unspecified atom stereocenters. The van der Waals surface area contributed by atoms with Crippen LogP contribution < -0.4 is 16.4 Å². The normalized spacial score (nSPS) is 36.9. The fourth-order valence-electron chi connectivity index (χ4n) is 5.81. The van der Waals surface area contributed by atoms with E-state index in [-0.39, 0.29) is 17.6 Å². The first-order valence-electron chi connectivity index (χ1n) is 9.81. The molecule has 2 amide bonds. The molecule has 4 saturated carbocycles. The van der Waals surface area contributed by atoms with E-state index < -0.39 is 0 Å². The van der Waals surface area contributed by atoms with E-state index in [1.165, 1.54) is 32.1 Å². The highest BCUT2D eigenvalue weighted by molar-refractivity contribution is 5.74. The largest absolute Gasteiger partial charge is 0.336 e. The van der Waals surface area contributed by atoms with Crippen molar-refractivity contribution in [2.45, 2.75) is 57.0 Å². The Morgan fingerprint density at radius 2 is 1.80 bits per heavy atom. The lowest BCUT2D eigenvalue weighted by molar-refractivity contribution is -0.0530.